The van der Waals surface area contributed by atoms with Gasteiger partial charge < -0.3 is 9.30 Å². The summed E-state index contributed by atoms with van der Waals surface area (Å²) in [5.74, 6) is 0.342. The minimum absolute atomic E-state index is 0.562. The van der Waals surface area contributed by atoms with Gasteiger partial charge in [0, 0.05) is 37.8 Å². The number of nitrogens with zero attached hydrogens (tertiary/aromatic N) is 3. The molecule has 1 aliphatic rings. The van der Waals surface area contributed by atoms with Gasteiger partial charge >= 0.3 is 0 Å². The van der Waals surface area contributed by atoms with Crippen LogP contribution in [0.25, 0.3) is 28.5 Å². The van der Waals surface area contributed by atoms with Crippen LogP contribution in [0, 0.1) is 0 Å². The summed E-state index contributed by atoms with van der Waals surface area (Å²) in [7, 11) is 0. The van der Waals surface area contributed by atoms with E-state index in [-0.39, 0.29) is 0 Å². The van der Waals surface area contributed by atoms with E-state index in [1.165, 1.54) is 6.08 Å². The lowest BCUT2D eigenvalue weighted by Gasteiger charge is -2.27. The lowest BCUT2D eigenvalue weighted by Crippen LogP contribution is -2.38. The third kappa shape index (κ3) is 4.54. The lowest BCUT2D eigenvalue weighted by molar-refractivity contribution is -0.124. The summed E-state index contributed by atoms with van der Waals surface area (Å²) in [4.78, 5) is 18.6. The molecule has 0 atom stereocenters. The van der Waals surface area contributed by atoms with Crippen molar-refractivity contribution in [2.75, 3.05) is 32.8 Å². The number of aromatic nitrogens is 2. The summed E-state index contributed by atoms with van der Waals surface area (Å²) in [6.07, 6.45) is 2.95. The van der Waals surface area contributed by atoms with Crippen molar-refractivity contribution in [1.29, 1.82) is 0 Å². The third-order valence-electron chi connectivity index (χ3n) is 5.08. The second kappa shape index (κ2) is 9.00. The Labute approximate surface area is 169 Å². The first-order chi connectivity index (χ1) is 14.2. The largest absolute Gasteiger partial charge is 0.379 e. The Morgan fingerprint density at radius 1 is 1.14 bits per heavy atom. The Hall–Kier alpha value is -3.00. The van der Waals surface area contributed by atoms with Crippen LogP contribution < -0.4 is 5.48 Å². The molecule has 2 N–H and O–H groups in total. The first kappa shape index (κ1) is 19.3. The van der Waals surface area contributed by atoms with Gasteiger partial charge in [-0.15, -0.1) is 0 Å². The van der Waals surface area contributed by atoms with Crippen LogP contribution in [0.3, 0.4) is 0 Å². The normalized spacial score (nSPS) is 15.2. The zero-order chi connectivity index (χ0) is 20.1. The first-order valence-corrected chi connectivity index (χ1v) is 9.72. The van der Waals surface area contributed by atoms with E-state index in [0.29, 0.717) is 0 Å². The number of carbonyl (C=O) groups is 1. The molecule has 150 valence electrons. The third-order valence-corrected chi connectivity index (χ3v) is 5.08. The molecule has 1 amide bonds. The quantitative estimate of drug-likeness (QED) is 0.383. The van der Waals surface area contributed by atoms with E-state index in [2.05, 4.69) is 15.5 Å². The van der Waals surface area contributed by atoms with Crippen LogP contribution >= 0.6 is 0 Å². The topological polar surface area (TPSA) is 79.6 Å². The Balaban J connectivity index is 1.66. The number of rotatable bonds is 6. The van der Waals surface area contributed by atoms with Crippen LogP contribution in [0.2, 0.25) is 0 Å². The Morgan fingerprint density at radius 2 is 1.97 bits per heavy atom. The maximum atomic E-state index is 11.3. The van der Waals surface area contributed by atoms with Gasteiger partial charge in [0.2, 0.25) is 0 Å². The fraction of sp³-hybridized carbons (Fsp3) is 0.273. The van der Waals surface area contributed by atoms with Crippen molar-refractivity contribution in [1.82, 2.24) is 19.9 Å². The van der Waals surface area contributed by atoms with E-state index >= 15 is 0 Å². The van der Waals surface area contributed by atoms with Crippen molar-refractivity contribution < 1.29 is 14.7 Å². The predicted octanol–water partition coefficient (Wildman–Crippen LogP) is 2.55. The molecule has 0 saturated carbocycles. The van der Waals surface area contributed by atoms with Gasteiger partial charge in [0.15, 0.2) is 0 Å². The highest BCUT2D eigenvalue weighted by atomic mass is 16.5. The summed E-state index contributed by atoms with van der Waals surface area (Å²) in [6.45, 7) is 5.25. The van der Waals surface area contributed by atoms with Gasteiger partial charge in [-0.05, 0) is 29.8 Å². The molecule has 1 aromatic heterocycles. The van der Waals surface area contributed by atoms with Crippen molar-refractivity contribution in [3.63, 3.8) is 0 Å². The number of carbonyl (C=O) groups excluding carboxylic acids is 1. The average Bonchev–Trinajstić information content (AvgIpc) is 3.15. The molecule has 0 spiro atoms. The summed E-state index contributed by atoms with van der Waals surface area (Å²) >= 11 is 0. The van der Waals surface area contributed by atoms with E-state index in [4.69, 9.17) is 14.9 Å². The van der Waals surface area contributed by atoms with Crippen molar-refractivity contribution in [2.45, 2.75) is 6.54 Å². The van der Waals surface area contributed by atoms with Gasteiger partial charge in [-0.1, -0.05) is 30.3 Å². The molecule has 0 unspecified atom stereocenters. The molecule has 3 aromatic rings. The fourth-order valence-electron chi connectivity index (χ4n) is 3.58. The number of hydrogen-bond donors (Lipinski definition) is 2. The van der Waals surface area contributed by atoms with Crippen LogP contribution in [-0.4, -0.2) is 58.4 Å². The standard InChI is InChI=1S/C22H24N4O3/c27-21(24-28)9-8-17-4-3-5-18(16-17)22-23-19-6-1-2-7-20(19)26(22)11-10-25-12-14-29-15-13-25/h1-9,16,28H,10-15H2,(H,24,27)/b9-8+. The number of nitrogens with one attached hydrogen (secondary N) is 1. The van der Waals surface area contributed by atoms with E-state index in [9.17, 15) is 4.79 Å². The highest BCUT2D eigenvalue weighted by molar-refractivity contribution is 5.91. The number of hydroxylamine groups is 1. The monoisotopic (exact) mass is 392 g/mol. The minimum atomic E-state index is -0.562. The Morgan fingerprint density at radius 3 is 2.79 bits per heavy atom. The average molecular weight is 392 g/mol. The van der Waals surface area contributed by atoms with Crippen molar-refractivity contribution in [3.8, 4) is 11.4 Å². The van der Waals surface area contributed by atoms with Crippen molar-refractivity contribution in [3.05, 3.63) is 60.2 Å². The van der Waals surface area contributed by atoms with Gasteiger partial charge in [-0.25, -0.2) is 10.5 Å². The molecule has 29 heavy (non-hydrogen) atoms. The predicted molar refractivity (Wildman–Crippen MR) is 111 cm³/mol. The van der Waals surface area contributed by atoms with Gasteiger partial charge in [0.05, 0.1) is 24.2 Å². The molecule has 2 aromatic carbocycles. The molecule has 0 bridgehead atoms. The number of fused-ring (bicyclic) bond motifs is 1. The van der Waals surface area contributed by atoms with Crippen molar-refractivity contribution >= 4 is 23.0 Å². The Bertz CT molecular complexity index is 1020. The summed E-state index contributed by atoms with van der Waals surface area (Å²) in [5, 5.41) is 8.65. The number of ether oxygens (including phenoxy) is 1. The number of benzene rings is 2. The maximum Gasteiger partial charge on any atom is 0.267 e. The van der Waals surface area contributed by atoms with Gasteiger partial charge in [0.1, 0.15) is 5.82 Å². The molecule has 1 saturated heterocycles. The molecule has 2 heterocycles. The van der Waals surface area contributed by atoms with E-state index in [1.807, 2.05) is 42.5 Å². The van der Waals surface area contributed by atoms with E-state index in [0.717, 1.165) is 67.4 Å². The van der Waals surface area contributed by atoms with Crippen molar-refractivity contribution in [2.24, 2.45) is 0 Å². The maximum absolute atomic E-state index is 11.3. The number of para-hydroxylation sites is 2. The first-order valence-electron chi connectivity index (χ1n) is 9.72. The molecule has 1 aliphatic heterocycles. The Kier molecular flexibility index (Phi) is 6.00. The second-order valence-corrected chi connectivity index (χ2v) is 6.96. The smallest absolute Gasteiger partial charge is 0.267 e. The highest BCUT2D eigenvalue weighted by Gasteiger charge is 2.15. The summed E-state index contributed by atoms with van der Waals surface area (Å²) in [6, 6.07) is 16.0. The lowest BCUT2D eigenvalue weighted by atomic mass is 10.1. The van der Waals surface area contributed by atoms with Gasteiger partial charge in [-0.2, -0.15) is 0 Å². The van der Waals surface area contributed by atoms with Gasteiger partial charge in [-0.3, -0.25) is 14.9 Å². The van der Waals surface area contributed by atoms with E-state index in [1.54, 1.807) is 11.6 Å². The minimum Gasteiger partial charge on any atom is -0.379 e. The van der Waals surface area contributed by atoms with Crippen LogP contribution in [-0.2, 0) is 16.1 Å². The zero-order valence-electron chi connectivity index (χ0n) is 16.1. The molecule has 7 heteroatoms. The number of imidazole rings is 1. The number of hydrogen-bond acceptors (Lipinski definition) is 5. The van der Waals surface area contributed by atoms with Crippen LogP contribution in [0.15, 0.2) is 54.6 Å². The summed E-state index contributed by atoms with van der Waals surface area (Å²) < 4.78 is 7.71. The molecule has 7 nitrogen and oxygen atoms in total. The van der Waals surface area contributed by atoms with Gasteiger partial charge in [0.25, 0.3) is 5.91 Å². The molecule has 0 radical (unpaired) electrons. The molecule has 1 fully saturated rings. The number of morpholine rings is 1. The summed E-state index contributed by atoms with van der Waals surface area (Å²) in [5.41, 5.74) is 5.51. The second-order valence-electron chi connectivity index (χ2n) is 6.96. The van der Waals surface area contributed by atoms with Crippen LogP contribution in [0.5, 0.6) is 0 Å². The SMILES string of the molecule is O=C(/C=C/c1cccc(-c2nc3ccccc3n2CCN2CCOCC2)c1)NO. The molecular formula is C22H24N4O3. The number of amides is 1. The zero-order valence-corrected chi connectivity index (χ0v) is 16.1. The van der Waals surface area contributed by atoms with E-state index < -0.39 is 5.91 Å². The molecule has 0 aliphatic carbocycles. The fourth-order valence-corrected chi connectivity index (χ4v) is 3.58. The van der Waals surface area contributed by atoms with Crippen LogP contribution in [0.1, 0.15) is 5.56 Å². The molecule has 4 rings (SSSR count). The highest BCUT2D eigenvalue weighted by Crippen LogP contribution is 2.26. The molecular weight excluding hydrogens is 368 g/mol. The van der Waals surface area contributed by atoms with Crippen LogP contribution in [0.4, 0.5) is 0 Å².